The van der Waals surface area contributed by atoms with E-state index in [1.165, 1.54) is 0 Å². The quantitative estimate of drug-likeness (QED) is 0.263. The first-order chi connectivity index (χ1) is 12.8. The number of hydrogen-bond donors (Lipinski definition) is 1. The van der Waals surface area contributed by atoms with Crippen LogP contribution in [0.1, 0.15) is 33.1 Å². The number of allylic oxidation sites excluding steroid dienone is 2. The van der Waals surface area contributed by atoms with Crippen molar-refractivity contribution in [1.29, 1.82) is 0 Å². The van der Waals surface area contributed by atoms with E-state index in [9.17, 15) is 24.3 Å². The minimum Gasteiger partial charge on any atom is -0.481 e. The Labute approximate surface area is 158 Å². The Bertz CT molecular complexity index is 595. The molecule has 0 radical (unpaired) electrons. The van der Waals surface area contributed by atoms with Crippen molar-refractivity contribution in [2.45, 2.75) is 39.2 Å². The second-order valence-electron chi connectivity index (χ2n) is 6.33. The van der Waals surface area contributed by atoms with Gasteiger partial charge in [-0.2, -0.15) is 0 Å². The zero-order valence-corrected chi connectivity index (χ0v) is 15.6. The summed E-state index contributed by atoms with van der Waals surface area (Å²) < 4.78 is 15.3. The molecule has 0 bridgehead atoms. The lowest BCUT2D eigenvalue weighted by molar-refractivity contribution is -0.172. The van der Waals surface area contributed by atoms with Gasteiger partial charge in [0.1, 0.15) is 13.2 Å². The van der Waals surface area contributed by atoms with Crippen LogP contribution in [0.4, 0.5) is 0 Å². The molecule has 0 fully saturated rings. The highest BCUT2D eigenvalue weighted by Gasteiger charge is 2.36. The summed E-state index contributed by atoms with van der Waals surface area (Å²) in [5.74, 6) is -5.05. The van der Waals surface area contributed by atoms with E-state index in [4.69, 9.17) is 14.2 Å². The van der Waals surface area contributed by atoms with Crippen molar-refractivity contribution < 1.29 is 38.5 Å². The number of aliphatic carboxylic acids is 1. The second-order valence-corrected chi connectivity index (χ2v) is 6.33. The normalized spacial score (nSPS) is 20.8. The van der Waals surface area contributed by atoms with Gasteiger partial charge in [0, 0.05) is 6.08 Å². The van der Waals surface area contributed by atoms with E-state index < -0.39 is 41.8 Å². The lowest BCUT2D eigenvalue weighted by Crippen LogP contribution is -2.37. The number of carboxylic acids is 1. The van der Waals surface area contributed by atoms with E-state index >= 15 is 0 Å². The van der Waals surface area contributed by atoms with Crippen molar-refractivity contribution in [3.8, 4) is 0 Å². The van der Waals surface area contributed by atoms with Crippen LogP contribution in [0.2, 0.25) is 0 Å². The van der Waals surface area contributed by atoms with Gasteiger partial charge in [0.05, 0.1) is 17.8 Å². The maximum absolute atomic E-state index is 12.5. The summed E-state index contributed by atoms with van der Waals surface area (Å²) in [7, 11) is 0. The standard InChI is InChI=1S/C19H26O8/c1-4-12(3)18(23)26-11-13(10-25-16(20)5-2)27-19(24)15-9-7-6-8-14(15)17(21)22/h5-7,12-15H,2,4,8-11H2,1,3H3,(H,21,22). The molecule has 8 nitrogen and oxygen atoms in total. The van der Waals surface area contributed by atoms with Crippen LogP contribution < -0.4 is 0 Å². The number of hydrogen-bond acceptors (Lipinski definition) is 7. The average Bonchev–Trinajstić information content (AvgIpc) is 2.68. The lowest BCUT2D eigenvalue weighted by atomic mass is 9.83. The fraction of sp³-hybridized carbons (Fsp3) is 0.579. The third-order valence-corrected chi connectivity index (χ3v) is 4.34. The van der Waals surface area contributed by atoms with Gasteiger partial charge >= 0.3 is 23.9 Å². The Balaban J connectivity index is 2.75. The molecule has 4 unspecified atom stereocenters. The molecule has 0 amide bonds. The molecule has 0 aromatic carbocycles. The van der Waals surface area contributed by atoms with Crippen molar-refractivity contribution >= 4 is 23.9 Å². The molecule has 8 heteroatoms. The van der Waals surface area contributed by atoms with Gasteiger partial charge in [-0.1, -0.05) is 32.6 Å². The predicted molar refractivity (Wildman–Crippen MR) is 94.4 cm³/mol. The molecular weight excluding hydrogens is 356 g/mol. The molecule has 0 aromatic heterocycles. The minimum atomic E-state index is -1.08. The van der Waals surface area contributed by atoms with Crippen LogP contribution in [-0.2, 0) is 33.4 Å². The minimum absolute atomic E-state index is 0.230. The van der Waals surface area contributed by atoms with E-state index in [1.807, 2.05) is 6.92 Å². The molecule has 0 aliphatic heterocycles. The third kappa shape index (κ3) is 7.24. The van der Waals surface area contributed by atoms with Gasteiger partial charge in [0.2, 0.25) is 0 Å². The smallest absolute Gasteiger partial charge is 0.330 e. The van der Waals surface area contributed by atoms with Gasteiger partial charge in [-0.25, -0.2) is 4.79 Å². The Morgan fingerprint density at radius 2 is 1.74 bits per heavy atom. The van der Waals surface area contributed by atoms with Gasteiger partial charge in [-0.3, -0.25) is 14.4 Å². The van der Waals surface area contributed by atoms with Crippen LogP contribution in [-0.4, -0.2) is 48.3 Å². The van der Waals surface area contributed by atoms with Crippen LogP contribution in [0, 0.1) is 17.8 Å². The van der Waals surface area contributed by atoms with Crippen molar-refractivity contribution in [3.05, 3.63) is 24.8 Å². The molecule has 1 N–H and O–H groups in total. The first-order valence-corrected chi connectivity index (χ1v) is 8.84. The van der Waals surface area contributed by atoms with E-state index in [1.54, 1.807) is 19.1 Å². The lowest BCUT2D eigenvalue weighted by Gasteiger charge is -2.26. The number of carbonyl (C=O) groups is 4. The summed E-state index contributed by atoms with van der Waals surface area (Å²) in [6.45, 7) is 6.18. The molecule has 0 spiro atoms. The van der Waals surface area contributed by atoms with Gasteiger partial charge in [0.25, 0.3) is 0 Å². The molecule has 0 saturated carbocycles. The van der Waals surface area contributed by atoms with Crippen LogP contribution in [0.3, 0.4) is 0 Å². The molecule has 0 aromatic rings. The van der Waals surface area contributed by atoms with Gasteiger partial charge in [-0.15, -0.1) is 0 Å². The number of carbonyl (C=O) groups excluding carboxylic acids is 3. The summed E-state index contributed by atoms with van der Waals surface area (Å²) in [6.07, 6.45) is 4.41. The van der Waals surface area contributed by atoms with Crippen molar-refractivity contribution in [2.24, 2.45) is 17.8 Å². The molecule has 0 heterocycles. The first kappa shape index (κ1) is 22.4. The maximum Gasteiger partial charge on any atom is 0.330 e. The van der Waals surface area contributed by atoms with E-state index in [0.717, 1.165) is 6.08 Å². The predicted octanol–water partition coefficient (Wildman–Crippen LogP) is 1.88. The SMILES string of the molecule is C=CC(=O)OCC(COC(=O)C(C)CC)OC(=O)C1CC=CCC1C(=O)O. The van der Waals surface area contributed by atoms with Crippen LogP contribution in [0.25, 0.3) is 0 Å². The second kappa shape index (κ2) is 11.2. The first-order valence-electron chi connectivity index (χ1n) is 8.84. The molecule has 0 saturated heterocycles. The average molecular weight is 382 g/mol. The highest BCUT2D eigenvalue weighted by molar-refractivity contribution is 5.82. The maximum atomic E-state index is 12.5. The molecule has 27 heavy (non-hydrogen) atoms. The number of ether oxygens (including phenoxy) is 3. The summed E-state index contributed by atoms with van der Waals surface area (Å²) >= 11 is 0. The van der Waals surface area contributed by atoms with E-state index in [0.29, 0.717) is 6.42 Å². The van der Waals surface area contributed by atoms with Gasteiger partial charge < -0.3 is 19.3 Å². The number of esters is 3. The Hall–Kier alpha value is -2.64. The number of carboxylic acid groups (broad SMARTS) is 1. The molecule has 150 valence electrons. The van der Waals surface area contributed by atoms with Crippen molar-refractivity contribution in [1.82, 2.24) is 0 Å². The Kier molecular flexibility index (Phi) is 9.25. The topological polar surface area (TPSA) is 116 Å². The molecule has 1 rings (SSSR count). The summed E-state index contributed by atoms with van der Waals surface area (Å²) in [4.78, 5) is 46.9. The largest absolute Gasteiger partial charge is 0.481 e. The summed E-state index contributed by atoms with van der Waals surface area (Å²) in [5.41, 5.74) is 0. The van der Waals surface area contributed by atoms with Crippen molar-refractivity contribution in [2.75, 3.05) is 13.2 Å². The Morgan fingerprint density at radius 1 is 1.15 bits per heavy atom. The summed E-state index contributed by atoms with van der Waals surface area (Å²) in [5, 5.41) is 9.27. The van der Waals surface area contributed by atoms with E-state index in [-0.39, 0.29) is 32.0 Å². The number of rotatable bonds is 10. The highest BCUT2D eigenvalue weighted by Crippen LogP contribution is 2.27. The fourth-order valence-corrected chi connectivity index (χ4v) is 2.43. The molecular formula is C19H26O8. The van der Waals surface area contributed by atoms with E-state index in [2.05, 4.69) is 6.58 Å². The highest BCUT2D eigenvalue weighted by atomic mass is 16.6. The van der Waals surface area contributed by atoms with Gasteiger partial charge in [-0.05, 0) is 19.3 Å². The van der Waals surface area contributed by atoms with Crippen LogP contribution >= 0.6 is 0 Å². The summed E-state index contributed by atoms with van der Waals surface area (Å²) in [6, 6.07) is 0. The fourth-order valence-electron chi connectivity index (χ4n) is 2.43. The molecule has 1 aliphatic carbocycles. The van der Waals surface area contributed by atoms with Crippen molar-refractivity contribution in [3.63, 3.8) is 0 Å². The molecule has 4 atom stereocenters. The van der Waals surface area contributed by atoms with Crippen LogP contribution in [0.15, 0.2) is 24.8 Å². The molecule has 1 aliphatic rings. The monoisotopic (exact) mass is 382 g/mol. The zero-order valence-electron chi connectivity index (χ0n) is 15.6. The Morgan fingerprint density at radius 3 is 2.30 bits per heavy atom. The zero-order chi connectivity index (χ0) is 20.4. The van der Waals surface area contributed by atoms with Gasteiger partial charge in [0.15, 0.2) is 6.10 Å². The van der Waals surface area contributed by atoms with Crippen LogP contribution in [0.5, 0.6) is 0 Å². The third-order valence-electron chi connectivity index (χ3n) is 4.34.